The number of carbonyl (C=O) groups is 1. The van der Waals surface area contributed by atoms with Crippen LogP contribution in [0.5, 0.6) is 0 Å². The summed E-state index contributed by atoms with van der Waals surface area (Å²) in [6.07, 6.45) is 0. The van der Waals surface area contributed by atoms with Gasteiger partial charge in [-0.2, -0.15) is 0 Å². The molecule has 112 valence electrons. The molecular formula is C16H25NO2S. The molecule has 0 radical (unpaired) electrons. The molecule has 1 N–H and O–H groups in total. The molecule has 0 aliphatic carbocycles. The van der Waals surface area contributed by atoms with E-state index >= 15 is 0 Å². The van der Waals surface area contributed by atoms with Crippen molar-refractivity contribution in [3.63, 3.8) is 0 Å². The fourth-order valence-corrected chi connectivity index (χ4v) is 2.67. The van der Waals surface area contributed by atoms with Gasteiger partial charge in [0.2, 0.25) is 5.91 Å². The predicted molar refractivity (Wildman–Crippen MR) is 85.2 cm³/mol. The number of likely N-dealkylation sites (N-methyl/N-ethyl adjacent to an activating group) is 1. The van der Waals surface area contributed by atoms with Gasteiger partial charge in [-0.25, -0.2) is 0 Å². The van der Waals surface area contributed by atoms with Crippen molar-refractivity contribution in [1.29, 1.82) is 0 Å². The number of thioether (sulfide) groups is 1. The Morgan fingerprint density at radius 1 is 1.25 bits per heavy atom. The summed E-state index contributed by atoms with van der Waals surface area (Å²) in [5.74, 6) is 0.495. The second-order valence-electron chi connectivity index (χ2n) is 5.76. The lowest BCUT2D eigenvalue weighted by atomic mass is 9.87. The lowest BCUT2D eigenvalue weighted by Gasteiger charge is -2.20. The monoisotopic (exact) mass is 295 g/mol. The maximum atomic E-state index is 12.0. The van der Waals surface area contributed by atoms with E-state index in [9.17, 15) is 4.79 Å². The van der Waals surface area contributed by atoms with Crippen molar-refractivity contribution in [2.45, 2.75) is 38.0 Å². The van der Waals surface area contributed by atoms with E-state index < -0.39 is 0 Å². The van der Waals surface area contributed by atoms with Gasteiger partial charge >= 0.3 is 0 Å². The Morgan fingerprint density at radius 3 is 2.30 bits per heavy atom. The van der Waals surface area contributed by atoms with Crippen LogP contribution in [-0.2, 0) is 10.2 Å². The Morgan fingerprint density at radius 2 is 1.85 bits per heavy atom. The molecule has 0 bridgehead atoms. The van der Waals surface area contributed by atoms with Crippen LogP contribution in [0.4, 0.5) is 0 Å². The van der Waals surface area contributed by atoms with E-state index in [1.54, 1.807) is 16.7 Å². The van der Waals surface area contributed by atoms with Gasteiger partial charge in [-0.05, 0) is 30.0 Å². The van der Waals surface area contributed by atoms with Crippen LogP contribution in [0.1, 0.15) is 33.3 Å². The Kier molecular flexibility index (Phi) is 6.56. The Bertz CT molecular complexity index is 423. The van der Waals surface area contributed by atoms with Crippen molar-refractivity contribution < 1.29 is 9.90 Å². The van der Waals surface area contributed by atoms with Gasteiger partial charge in [0.25, 0.3) is 0 Å². The third-order valence-electron chi connectivity index (χ3n) is 3.19. The van der Waals surface area contributed by atoms with Crippen molar-refractivity contribution in [2.75, 3.05) is 25.4 Å². The highest BCUT2D eigenvalue weighted by molar-refractivity contribution is 8.00. The van der Waals surface area contributed by atoms with E-state index in [-0.39, 0.29) is 17.9 Å². The summed E-state index contributed by atoms with van der Waals surface area (Å²) >= 11 is 1.54. The molecule has 3 nitrogen and oxygen atoms in total. The van der Waals surface area contributed by atoms with Crippen molar-refractivity contribution in [3.8, 4) is 0 Å². The SMILES string of the molecule is CCN(CCO)C(=O)CSc1ccc(C(C)(C)C)cc1. The summed E-state index contributed by atoms with van der Waals surface area (Å²) in [4.78, 5) is 14.7. The number of benzene rings is 1. The van der Waals surface area contributed by atoms with Gasteiger partial charge in [-0.1, -0.05) is 32.9 Å². The van der Waals surface area contributed by atoms with Crippen LogP contribution >= 0.6 is 11.8 Å². The van der Waals surface area contributed by atoms with Gasteiger partial charge in [-0.15, -0.1) is 11.8 Å². The van der Waals surface area contributed by atoms with Crippen molar-refractivity contribution in [2.24, 2.45) is 0 Å². The zero-order valence-corrected chi connectivity index (χ0v) is 13.7. The molecule has 0 heterocycles. The van der Waals surface area contributed by atoms with E-state index in [0.29, 0.717) is 18.8 Å². The Labute approximate surface area is 126 Å². The van der Waals surface area contributed by atoms with Crippen LogP contribution in [-0.4, -0.2) is 41.4 Å². The summed E-state index contributed by atoms with van der Waals surface area (Å²) in [7, 11) is 0. The van der Waals surface area contributed by atoms with Crippen LogP contribution in [0.2, 0.25) is 0 Å². The number of aliphatic hydroxyl groups excluding tert-OH is 1. The van der Waals surface area contributed by atoms with Gasteiger partial charge in [0.05, 0.1) is 12.4 Å². The first-order valence-corrected chi connectivity index (χ1v) is 7.99. The first-order valence-electron chi connectivity index (χ1n) is 7.00. The molecule has 1 aromatic rings. The lowest BCUT2D eigenvalue weighted by molar-refractivity contribution is -0.128. The minimum atomic E-state index is 0.0184. The van der Waals surface area contributed by atoms with Crippen molar-refractivity contribution >= 4 is 17.7 Å². The van der Waals surface area contributed by atoms with Gasteiger partial charge < -0.3 is 10.0 Å². The van der Waals surface area contributed by atoms with Crippen molar-refractivity contribution in [3.05, 3.63) is 29.8 Å². The number of amides is 1. The van der Waals surface area contributed by atoms with E-state index in [1.807, 2.05) is 6.92 Å². The van der Waals surface area contributed by atoms with Crippen LogP contribution in [0.25, 0.3) is 0 Å². The molecule has 0 atom stereocenters. The highest BCUT2D eigenvalue weighted by Crippen LogP contribution is 2.25. The molecule has 1 amide bonds. The first-order chi connectivity index (χ1) is 9.38. The Hall–Kier alpha value is -1.00. The highest BCUT2D eigenvalue weighted by Gasteiger charge is 2.14. The first kappa shape index (κ1) is 17.1. The topological polar surface area (TPSA) is 40.5 Å². The molecule has 0 aliphatic rings. The molecule has 0 unspecified atom stereocenters. The zero-order chi connectivity index (χ0) is 15.2. The molecule has 0 fully saturated rings. The minimum Gasteiger partial charge on any atom is -0.395 e. The van der Waals surface area contributed by atoms with Gasteiger partial charge in [0.15, 0.2) is 0 Å². The largest absolute Gasteiger partial charge is 0.395 e. The maximum Gasteiger partial charge on any atom is 0.233 e. The summed E-state index contributed by atoms with van der Waals surface area (Å²) in [6.45, 7) is 9.56. The molecule has 4 heteroatoms. The van der Waals surface area contributed by atoms with Crippen LogP contribution < -0.4 is 0 Å². The molecule has 0 aromatic heterocycles. The maximum absolute atomic E-state index is 12.0. The zero-order valence-electron chi connectivity index (χ0n) is 12.8. The molecule has 0 aliphatic heterocycles. The summed E-state index contributed by atoms with van der Waals surface area (Å²) < 4.78 is 0. The number of hydrogen-bond donors (Lipinski definition) is 1. The molecular weight excluding hydrogens is 270 g/mol. The lowest BCUT2D eigenvalue weighted by Crippen LogP contribution is -2.34. The molecule has 1 aromatic carbocycles. The molecule has 0 spiro atoms. The van der Waals surface area contributed by atoms with E-state index in [1.165, 1.54) is 5.56 Å². The van der Waals surface area contributed by atoms with E-state index in [0.717, 1.165) is 4.90 Å². The summed E-state index contributed by atoms with van der Waals surface area (Å²) in [5, 5.41) is 8.91. The van der Waals surface area contributed by atoms with Crippen LogP contribution in [0, 0.1) is 0 Å². The van der Waals surface area contributed by atoms with E-state index in [2.05, 4.69) is 45.0 Å². The smallest absolute Gasteiger partial charge is 0.233 e. The second kappa shape index (κ2) is 7.70. The number of aliphatic hydroxyl groups is 1. The normalized spacial score (nSPS) is 11.4. The fraction of sp³-hybridized carbons (Fsp3) is 0.562. The standard InChI is InChI=1S/C16H25NO2S/c1-5-17(10-11-18)15(19)12-20-14-8-6-13(7-9-14)16(2,3)4/h6-9,18H,5,10-12H2,1-4H3. The number of carbonyl (C=O) groups excluding carboxylic acids is 1. The highest BCUT2D eigenvalue weighted by atomic mass is 32.2. The third kappa shape index (κ3) is 5.17. The fourth-order valence-electron chi connectivity index (χ4n) is 1.87. The average Bonchev–Trinajstić information content (AvgIpc) is 2.41. The summed E-state index contributed by atoms with van der Waals surface area (Å²) in [5.41, 5.74) is 1.45. The second-order valence-corrected chi connectivity index (χ2v) is 6.81. The molecule has 0 saturated carbocycles. The molecule has 1 rings (SSSR count). The number of nitrogens with zero attached hydrogens (tertiary/aromatic N) is 1. The van der Waals surface area contributed by atoms with Crippen LogP contribution in [0.15, 0.2) is 29.2 Å². The Balaban J connectivity index is 2.55. The van der Waals surface area contributed by atoms with Gasteiger partial charge in [0, 0.05) is 18.0 Å². The third-order valence-corrected chi connectivity index (χ3v) is 4.18. The molecule has 0 saturated heterocycles. The molecule has 20 heavy (non-hydrogen) atoms. The van der Waals surface area contributed by atoms with Crippen molar-refractivity contribution in [1.82, 2.24) is 4.90 Å². The number of rotatable bonds is 6. The average molecular weight is 295 g/mol. The van der Waals surface area contributed by atoms with E-state index in [4.69, 9.17) is 5.11 Å². The quantitative estimate of drug-likeness (QED) is 0.820. The van der Waals surface area contributed by atoms with Crippen LogP contribution in [0.3, 0.4) is 0 Å². The number of hydrogen-bond acceptors (Lipinski definition) is 3. The predicted octanol–water partition coefficient (Wildman–Crippen LogP) is 2.92. The van der Waals surface area contributed by atoms with Gasteiger partial charge in [-0.3, -0.25) is 4.79 Å². The summed E-state index contributed by atoms with van der Waals surface area (Å²) in [6, 6.07) is 8.39. The van der Waals surface area contributed by atoms with Gasteiger partial charge in [0.1, 0.15) is 0 Å². The minimum absolute atomic E-state index is 0.0184.